The van der Waals surface area contributed by atoms with E-state index < -0.39 is 10.7 Å². The largest absolute Gasteiger partial charge is 0.309 e. The quantitative estimate of drug-likeness (QED) is 0.612. The van der Waals surface area contributed by atoms with E-state index in [9.17, 15) is 14.5 Å². The first-order chi connectivity index (χ1) is 8.56. The average Bonchev–Trinajstić information content (AvgIpc) is 2.33. The van der Waals surface area contributed by atoms with Crippen molar-refractivity contribution in [1.29, 1.82) is 0 Å². The Balaban J connectivity index is 2.69. The van der Waals surface area contributed by atoms with Gasteiger partial charge >= 0.3 is 0 Å². The van der Waals surface area contributed by atoms with Gasteiger partial charge in [0, 0.05) is 24.4 Å². The van der Waals surface area contributed by atoms with Crippen molar-refractivity contribution >= 4 is 17.4 Å². The highest BCUT2D eigenvalue weighted by Crippen LogP contribution is 2.16. The molecule has 1 rings (SSSR count). The standard InChI is InChI=1S/C12H17FN2O2S/c1-3-11(8-18-2)14-7-9-4-10(13)6-12(5-9)15(16)17/h4-6,11,14H,3,7-8H2,1-2H3. The Morgan fingerprint density at radius 1 is 1.50 bits per heavy atom. The number of rotatable bonds is 7. The zero-order valence-electron chi connectivity index (χ0n) is 10.5. The highest BCUT2D eigenvalue weighted by Gasteiger charge is 2.11. The van der Waals surface area contributed by atoms with E-state index in [4.69, 9.17) is 0 Å². The van der Waals surface area contributed by atoms with Gasteiger partial charge in [-0.3, -0.25) is 10.1 Å². The molecule has 0 aliphatic carbocycles. The molecule has 0 saturated heterocycles. The third-order valence-corrected chi connectivity index (χ3v) is 3.34. The van der Waals surface area contributed by atoms with Crippen LogP contribution in [0.15, 0.2) is 18.2 Å². The molecule has 1 atom stereocenters. The topological polar surface area (TPSA) is 55.2 Å². The van der Waals surface area contributed by atoms with Crippen molar-refractivity contribution in [2.45, 2.75) is 25.9 Å². The molecule has 1 unspecified atom stereocenters. The van der Waals surface area contributed by atoms with Crippen molar-refractivity contribution in [3.8, 4) is 0 Å². The van der Waals surface area contributed by atoms with Crippen LogP contribution in [0.1, 0.15) is 18.9 Å². The van der Waals surface area contributed by atoms with Crippen LogP contribution in [-0.2, 0) is 6.54 Å². The van der Waals surface area contributed by atoms with Crippen molar-refractivity contribution in [2.75, 3.05) is 12.0 Å². The number of nitrogens with one attached hydrogen (secondary N) is 1. The highest BCUT2D eigenvalue weighted by atomic mass is 32.2. The smallest absolute Gasteiger partial charge is 0.272 e. The summed E-state index contributed by atoms with van der Waals surface area (Å²) in [5, 5.41) is 13.9. The minimum Gasteiger partial charge on any atom is -0.309 e. The van der Waals surface area contributed by atoms with E-state index in [2.05, 4.69) is 12.2 Å². The number of thioether (sulfide) groups is 1. The second kappa shape index (κ2) is 7.33. The van der Waals surface area contributed by atoms with E-state index in [-0.39, 0.29) is 5.69 Å². The zero-order valence-corrected chi connectivity index (χ0v) is 11.3. The van der Waals surface area contributed by atoms with Crippen molar-refractivity contribution in [3.63, 3.8) is 0 Å². The number of non-ortho nitro benzene ring substituents is 1. The van der Waals surface area contributed by atoms with Gasteiger partial charge in [0.15, 0.2) is 0 Å². The van der Waals surface area contributed by atoms with Crippen molar-refractivity contribution in [3.05, 3.63) is 39.7 Å². The van der Waals surface area contributed by atoms with Gasteiger partial charge in [0.1, 0.15) is 5.82 Å². The maximum atomic E-state index is 13.2. The number of nitro groups is 1. The fourth-order valence-corrected chi connectivity index (χ4v) is 2.38. The van der Waals surface area contributed by atoms with Crippen molar-refractivity contribution in [1.82, 2.24) is 5.32 Å². The second-order valence-corrected chi connectivity index (χ2v) is 4.93. The number of hydrogen-bond donors (Lipinski definition) is 1. The molecule has 6 heteroatoms. The third kappa shape index (κ3) is 4.62. The van der Waals surface area contributed by atoms with E-state index in [0.717, 1.165) is 18.2 Å². The maximum absolute atomic E-state index is 13.2. The summed E-state index contributed by atoms with van der Waals surface area (Å²) in [5.74, 6) is 0.396. The summed E-state index contributed by atoms with van der Waals surface area (Å²) in [6, 6.07) is 4.00. The van der Waals surface area contributed by atoms with Crippen LogP contribution in [0, 0.1) is 15.9 Å². The molecule has 0 radical (unpaired) electrons. The molecule has 1 N–H and O–H groups in total. The Morgan fingerprint density at radius 2 is 2.22 bits per heavy atom. The van der Waals surface area contributed by atoms with E-state index in [1.165, 1.54) is 12.1 Å². The summed E-state index contributed by atoms with van der Waals surface area (Å²) >= 11 is 1.74. The minimum atomic E-state index is -0.578. The first-order valence-electron chi connectivity index (χ1n) is 5.73. The summed E-state index contributed by atoms with van der Waals surface area (Å²) < 4.78 is 13.2. The number of hydrogen-bond acceptors (Lipinski definition) is 4. The Hall–Kier alpha value is -1.14. The monoisotopic (exact) mass is 272 g/mol. The first-order valence-corrected chi connectivity index (χ1v) is 7.12. The van der Waals surface area contributed by atoms with Crippen LogP contribution in [0.3, 0.4) is 0 Å². The minimum absolute atomic E-state index is 0.204. The summed E-state index contributed by atoms with van der Waals surface area (Å²) in [6.45, 7) is 2.51. The Bertz CT molecular complexity index is 415. The molecule has 0 saturated carbocycles. The van der Waals surface area contributed by atoms with Crippen LogP contribution in [0.4, 0.5) is 10.1 Å². The summed E-state index contributed by atoms with van der Waals surface area (Å²) in [6.07, 6.45) is 3.00. The molecular weight excluding hydrogens is 255 g/mol. The van der Waals surface area contributed by atoms with Gasteiger partial charge in [0.25, 0.3) is 5.69 Å². The zero-order chi connectivity index (χ0) is 13.5. The molecule has 1 aromatic carbocycles. The molecule has 0 amide bonds. The van der Waals surface area contributed by atoms with Crippen LogP contribution < -0.4 is 5.32 Å². The van der Waals surface area contributed by atoms with E-state index in [1.807, 2.05) is 6.26 Å². The summed E-state index contributed by atoms with van der Waals surface area (Å²) in [4.78, 5) is 10.0. The van der Waals surface area contributed by atoms with Gasteiger partial charge in [-0.15, -0.1) is 0 Å². The fraction of sp³-hybridized carbons (Fsp3) is 0.500. The molecule has 1 aromatic rings. The third-order valence-electron chi connectivity index (χ3n) is 2.61. The Morgan fingerprint density at radius 3 is 2.78 bits per heavy atom. The van der Waals surface area contributed by atoms with Crippen molar-refractivity contribution in [2.24, 2.45) is 0 Å². The van der Waals surface area contributed by atoms with Crippen LogP contribution >= 0.6 is 11.8 Å². The summed E-state index contributed by atoms with van der Waals surface area (Å²) in [7, 11) is 0. The highest BCUT2D eigenvalue weighted by molar-refractivity contribution is 7.98. The first kappa shape index (κ1) is 14.9. The van der Waals surface area contributed by atoms with Crippen molar-refractivity contribution < 1.29 is 9.31 Å². The van der Waals surface area contributed by atoms with Gasteiger partial charge in [0.05, 0.1) is 11.0 Å². The molecule has 0 heterocycles. The lowest BCUT2D eigenvalue weighted by molar-refractivity contribution is -0.385. The van der Waals surface area contributed by atoms with Crippen LogP contribution in [0.25, 0.3) is 0 Å². The molecule has 0 aliphatic heterocycles. The number of halogens is 1. The molecule has 0 bridgehead atoms. The predicted octanol–water partition coefficient (Wildman–Crippen LogP) is 2.97. The van der Waals surface area contributed by atoms with Crippen LogP contribution in [0.2, 0.25) is 0 Å². The van der Waals surface area contributed by atoms with Gasteiger partial charge in [-0.25, -0.2) is 4.39 Å². The molecule has 0 aromatic heterocycles. The average molecular weight is 272 g/mol. The van der Waals surface area contributed by atoms with E-state index in [1.54, 1.807) is 11.8 Å². The Labute approximate surface area is 110 Å². The SMILES string of the molecule is CCC(CSC)NCc1cc(F)cc([N+](=O)[O-])c1. The van der Waals surface area contributed by atoms with E-state index >= 15 is 0 Å². The lowest BCUT2D eigenvalue weighted by Gasteiger charge is -2.15. The number of benzene rings is 1. The van der Waals surface area contributed by atoms with Gasteiger partial charge in [-0.2, -0.15) is 11.8 Å². The van der Waals surface area contributed by atoms with Gasteiger partial charge < -0.3 is 5.32 Å². The normalized spacial score (nSPS) is 12.4. The molecule has 0 spiro atoms. The van der Waals surface area contributed by atoms with Crippen LogP contribution in [-0.4, -0.2) is 23.0 Å². The second-order valence-electron chi connectivity index (χ2n) is 4.02. The predicted molar refractivity (Wildman–Crippen MR) is 72.4 cm³/mol. The van der Waals surface area contributed by atoms with E-state index in [0.29, 0.717) is 18.2 Å². The molecule has 18 heavy (non-hydrogen) atoms. The molecule has 100 valence electrons. The summed E-state index contributed by atoms with van der Waals surface area (Å²) in [5.41, 5.74) is 0.394. The van der Waals surface area contributed by atoms with Gasteiger partial charge in [0.2, 0.25) is 0 Å². The number of nitrogens with zero attached hydrogens (tertiary/aromatic N) is 1. The van der Waals surface area contributed by atoms with Gasteiger partial charge in [-0.1, -0.05) is 6.92 Å². The lowest BCUT2D eigenvalue weighted by atomic mass is 10.1. The lowest BCUT2D eigenvalue weighted by Crippen LogP contribution is -2.30. The molecular formula is C12H17FN2O2S. The molecule has 0 fully saturated rings. The fourth-order valence-electron chi connectivity index (χ4n) is 1.63. The Kier molecular flexibility index (Phi) is 6.07. The van der Waals surface area contributed by atoms with Crippen LogP contribution in [0.5, 0.6) is 0 Å². The maximum Gasteiger partial charge on any atom is 0.272 e. The molecule has 4 nitrogen and oxygen atoms in total. The number of nitro benzene ring substituents is 1. The molecule has 0 aliphatic rings. The van der Waals surface area contributed by atoms with Gasteiger partial charge in [-0.05, 0) is 24.3 Å².